The van der Waals surface area contributed by atoms with Gasteiger partial charge in [-0.25, -0.2) is 14.6 Å². The molecule has 1 aliphatic rings. The summed E-state index contributed by atoms with van der Waals surface area (Å²) in [5.41, 5.74) is 2.29. The first-order valence-corrected chi connectivity index (χ1v) is 11.4. The Morgan fingerprint density at radius 2 is 2.03 bits per heavy atom. The summed E-state index contributed by atoms with van der Waals surface area (Å²) >= 11 is 5.45. The summed E-state index contributed by atoms with van der Waals surface area (Å²) in [6.45, 7) is -0.0561. The van der Waals surface area contributed by atoms with Crippen LogP contribution in [0.5, 0.6) is 5.75 Å². The van der Waals surface area contributed by atoms with Crippen molar-refractivity contribution in [3.63, 3.8) is 0 Å². The highest BCUT2D eigenvalue weighted by molar-refractivity contribution is 6.18. The number of rotatable bonds is 9. The molecule has 188 valence electrons. The van der Waals surface area contributed by atoms with Gasteiger partial charge < -0.3 is 30.2 Å². The number of hydrogen-bond donors (Lipinski definition) is 5. The molecule has 12 nitrogen and oxygen atoms in total. The number of amides is 3. The van der Waals surface area contributed by atoms with E-state index in [4.69, 9.17) is 21.1 Å². The van der Waals surface area contributed by atoms with Gasteiger partial charge in [0.1, 0.15) is 18.4 Å². The number of nitrogens with one attached hydrogen (secondary N) is 4. The number of aromatic nitrogens is 2. The van der Waals surface area contributed by atoms with Crippen LogP contribution in [0.1, 0.15) is 12.0 Å². The Morgan fingerprint density at radius 3 is 2.78 bits per heavy atom. The van der Waals surface area contributed by atoms with Gasteiger partial charge in [0.15, 0.2) is 6.10 Å². The average molecular weight is 516 g/mol. The van der Waals surface area contributed by atoms with Gasteiger partial charge >= 0.3 is 12.1 Å². The Hall–Kier alpha value is -4.32. The number of carboxylic acid groups (broad SMARTS) is 1. The van der Waals surface area contributed by atoms with E-state index in [1.54, 1.807) is 24.3 Å². The molecule has 3 aromatic rings. The fourth-order valence-corrected chi connectivity index (χ4v) is 3.65. The number of alkyl carbamates (subject to hydrolysis) is 1. The molecule has 0 fully saturated rings. The van der Waals surface area contributed by atoms with Crippen molar-refractivity contribution in [2.75, 3.05) is 23.1 Å². The van der Waals surface area contributed by atoms with E-state index in [0.29, 0.717) is 22.5 Å². The van der Waals surface area contributed by atoms with Crippen molar-refractivity contribution in [2.24, 2.45) is 0 Å². The van der Waals surface area contributed by atoms with Crippen molar-refractivity contribution in [1.29, 1.82) is 0 Å². The maximum absolute atomic E-state index is 12.6. The lowest BCUT2D eigenvalue weighted by Crippen LogP contribution is -2.43. The fourth-order valence-electron chi connectivity index (χ4n) is 3.57. The first kappa shape index (κ1) is 24.8. The number of carbonyl (C=O) groups excluding carboxylic acids is 3. The molecule has 1 aromatic heterocycles. The number of fused-ring (bicyclic) bond motifs is 2. The number of aliphatic carboxylic acids is 1. The molecule has 0 bridgehead atoms. The van der Waals surface area contributed by atoms with Gasteiger partial charge in [-0.3, -0.25) is 14.9 Å². The van der Waals surface area contributed by atoms with Crippen LogP contribution < -0.4 is 20.7 Å². The number of imidazole rings is 1. The summed E-state index contributed by atoms with van der Waals surface area (Å²) in [4.78, 5) is 55.5. The van der Waals surface area contributed by atoms with Gasteiger partial charge in [0, 0.05) is 6.42 Å². The molecular formula is C23H22ClN5O7. The van der Waals surface area contributed by atoms with Crippen LogP contribution in [-0.2, 0) is 25.5 Å². The van der Waals surface area contributed by atoms with Crippen LogP contribution >= 0.6 is 11.6 Å². The predicted octanol–water partition coefficient (Wildman–Crippen LogP) is 2.25. The number of ether oxygens (including phenoxy) is 2. The highest BCUT2D eigenvalue weighted by atomic mass is 35.5. The zero-order valence-corrected chi connectivity index (χ0v) is 19.5. The normalized spacial score (nSPS) is 15.2. The number of carbonyl (C=O) groups is 4. The van der Waals surface area contributed by atoms with E-state index >= 15 is 0 Å². The van der Waals surface area contributed by atoms with Gasteiger partial charge in [0.05, 0.1) is 29.0 Å². The average Bonchev–Trinajstić information content (AvgIpc) is 3.25. The molecule has 0 saturated carbocycles. The van der Waals surface area contributed by atoms with Gasteiger partial charge in [-0.15, -0.1) is 11.6 Å². The zero-order valence-electron chi connectivity index (χ0n) is 18.7. The second-order valence-corrected chi connectivity index (χ2v) is 8.22. The molecule has 4 rings (SSSR count). The quantitative estimate of drug-likeness (QED) is 0.270. The summed E-state index contributed by atoms with van der Waals surface area (Å²) in [5, 5.41) is 17.0. The number of carboxylic acids is 1. The smallest absolute Gasteiger partial charge is 0.407 e. The van der Waals surface area contributed by atoms with Gasteiger partial charge in [0.25, 0.3) is 5.91 Å². The van der Waals surface area contributed by atoms with Gasteiger partial charge in [-0.1, -0.05) is 18.2 Å². The molecule has 0 saturated heterocycles. The van der Waals surface area contributed by atoms with E-state index in [1.807, 2.05) is 18.2 Å². The Kier molecular flexibility index (Phi) is 7.54. The van der Waals surface area contributed by atoms with Gasteiger partial charge in [0.2, 0.25) is 11.9 Å². The van der Waals surface area contributed by atoms with E-state index in [2.05, 4.69) is 25.9 Å². The van der Waals surface area contributed by atoms with Crippen LogP contribution in [0.3, 0.4) is 0 Å². The van der Waals surface area contributed by atoms with E-state index in [-0.39, 0.29) is 31.3 Å². The topological polar surface area (TPSA) is 172 Å². The summed E-state index contributed by atoms with van der Waals surface area (Å²) in [5.74, 6) is -1.59. The number of H-pyrrole nitrogens is 1. The van der Waals surface area contributed by atoms with Crippen LogP contribution in [-0.4, -0.2) is 63.6 Å². The highest BCUT2D eigenvalue weighted by Crippen LogP contribution is 2.31. The number of benzene rings is 2. The Bertz CT molecular complexity index is 1280. The molecular weight excluding hydrogens is 494 g/mol. The highest BCUT2D eigenvalue weighted by Gasteiger charge is 2.31. The molecule has 1 aliphatic heterocycles. The summed E-state index contributed by atoms with van der Waals surface area (Å²) in [7, 11) is 0. The largest absolute Gasteiger partial charge is 0.480 e. The SMILES string of the molecule is O=C(CC1Oc2ccc(C[C@H](NC(=O)OCCCl)C(=O)O)cc2NC1=O)Nc1nc2ccccc2[nH]1. The van der Waals surface area contributed by atoms with Crippen molar-refractivity contribution in [1.82, 2.24) is 15.3 Å². The van der Waals surface area contributed by atoms with Gasteiger partial charge in [-0.2, -0.15) is 0 Å². The fraction of sp³-hybridized carbons (Fsp3) is 0.261. The van der Waals surface area contributed by atoms with Crippen LogP contribution in [0.15, 0.2) is 42.5 Å². The minimum atomic E-state index is -1.26. The number of nitrogens with zero attached hydrogens (tertiary/aromatic N) is 1. The third-order valence-electron chi connectivity index (χ3n) is 5.22. The molecule has 0 spiro atoms. The van der Waals surface area contributed by atoms with E-state index in [9.17, 15) is 24.3 Å². The molecule has 13 heteroatoms. The van der Waals surface area contributed by atoms with Crippen molar-refractivity contribution in [2.45, 2.75) is 25.0 Å². The van der Waals surface area contributed by atoms with E-state index in [1.165, 1.54) is 0 Å². The first-order valence-electron chi connectivity index (χ1n) is 10.9. The second-order valence-electron chi connectivity index (χ2n) is 7.85. The predicted molar refractivity (Wildman–Crippen MR) is 129 cm³/mol. The summed E-state index contributed by atoms with van der Waals surface area (Å²) in [6, 6.07) is 10.7. The lowest BCUT2D eigenvalue weighted by atomic mass is 10.0. The Balaban J connectivity index is 1.37. The van der Waals surface area contributed by atoms with Crippen molar-refractivity contribution in [3.8, 4) is 5.75 Å². The van der Waals surface area contributed by atoms with Crippen LogP contribution in [0, 0.1) is 0 Å². The van der Waals surface area contributed by atoms with Gasteiger partial charge in [-0.05, 0) is 29.8 Å². The second kappa shape index (κ2) is 11.0. The number of aromatic amines is 1. The number of halogens is 1. The number of para-hydroxylation sites is 2. The minimum Gasteiger partial charge on any atom is -0.480 e. The summed E-state index contributed by atoms with van der Waals surface area (Å²) in [6.07, 6.45) is -2.30. The number of anilines is 2. The van der Waals surface area contributed by atoms with Crippen molar-refractivity contribution in [3.05, 3.63) is 48.0 Å². The molecule has 2 heterocycles. The molecule has 36 heavy (non-hydrogen) atoms. The zero-order chi connectivity index (χ0) is 25.7. The summed E-state index contributed by atoms with van der Waals surface area (Å²) < 4.78 is 10.5. The molecule has 2 atom stereocenters. The van der Waals surface area contributed by atoms with Crippen molar-refractivity contribution >= 4 is 58.1 Å². The molecule has 3 amide bonds. The monoisotopic (exact) mass is 515 g/mol. The first-order chi connectivity index (χ1) is 17.3. The Labute approximate surface area is 209 Å². The number of hydrogen-bond acceptors (Lipinski definition) is 7. The standard InChI is InChI=1S/C23H22ClN5O7/c24-7-8-35-23(34)28-16(21(32)33)10-12-5-6-17-15(9-12)25-20(31)18(36-17)11-19(30)29-22-26-13-3-1-2-4-14(13)27-22/h1-6,9,16,18H,7-8,10-11H2,(H,25,31)(H,28,34)(H,32,33)(H2,26,27,29,30)/t16-,18?/m0/s1. The van der Waals surface area contributed by atoms with E-state index in [0.717, 1.165) is 5.52 Å². The third kappa shape index (κ3) is 6.02. The molecule has 1 unspecified atom stereocenters. The van der Waals surface area contributed by atoms with E-state index < -0.39 is 36.0 Å². The molecule has 0 radical (unpaired) electrons. The van der Waals surface area contributed by atoms with Crippen LogP contribution in [0.25, 0.3) is 11.0 Å². The molecule has 5 N–H and O–H groups in total. The lowest BCUT2D eigenvalue weighted by molar-refractivity contribution is -0.139. The third-order valence-corrected chi connectivity index (χ3v) is 5.38. The van der Waals surface area contributed by atoms with Crippen molar-refractivity contribution < 1.29 is 33.8 Å². The molecule has 0 aliphatic carbocycles. The van der Waals surface area contributed by atoms with Crippen LogP contribution in [0.4, 0.5) is 16.4 Å². The minimum absolute atomic E-state index is 0.0561. The molecule has 2 aromatic carbocycles. The lowest BCUT2D eigenvalue weighted by Gasteiger charge is -2.26. The maximum Gasteiger partial charge on any atom is 0.407 e. The maximum atomic E-state index is 12.6. The van der Waals surface area contributed by atoms with Crippen LogP contribution in [0.2, 0.25) is 0 Å². The Morgan fingerprint density at radius 1 is 1.22 bits per heavy atom. The number of alkyl halides is 1.